The van der Waals surface area contributed by atoms with Gasteiger partial charge in [-0.1, -0.05) is 25.1 Å². The van der Waals surface area contributed by atoms with E-state index in [0.29, 0.717) is 26.0 Å². The molecule has 4 bridgehead atoms. The molecule has 1 amide bonds. The molecule has 2 heterocycles. The van der Waals surface area contributed by atoms with Crippen molar-refractivity contribution >= 4 is 17.0 Å². The van der Waals surface area contributed by atoms with Crippen molar-refractivity contribution in [1.82, 2.24) is 15.5 Å². The number of rotatable bonds is 1. The fourth-order valence-electron chi connectivity index (χ4n) is 3.20. The number of carbonyl (C=O) groups is 1. The van der Waals surface area contributed by atoms with E-state index in [0.717, 1.165) is 33.5 Å². The van der Waals surface area contributed by atoms with Crippen LogP contribution in [0.5, 0.6) is 5.75 Å². The molecule has 1 atom stereocenters. The van der Waals surface area contributed by atoms with Crippen molar-refractivity contribution in [3.8, 4) is 17.0 Å². The summed E-state index contributed by atoms with van der Waals surface area (Å²) in [5, 5.41) is 11.4. The van der Waals surface area contributed by atoms with E-state index >= 15 is 0 Å². The molecule has 0 spiro atoms. The average Bonchev–Trinajstić information content (AvgIpc) is 3.08. The molecule has 6 heteroatoms. The van der Waals surface area contributed by atoms with Crippen LogP contribution in [0.15, 0.2) is 42.5 Å². The zero-order valence-corrected chi connectivity index (χ0v) is 14.6. The number of hydrogen-bond donors (Lipinski definition) is 2. The number of aromatic nitrogens is 2. The number of nitrogens with one attached hydrogen (secondary N) is 2. The van der Waals surface area contributed by atoms with Crippen molar-refractivity contribution in [1.29, 1.82) is 0 Å². The number of alkyl carbamates (subject to hydrolysis) is 1. The average molecular weight is 351 g/mol. The lowest BCUT2D eigenvalue weighted by Gasteiger charge is -2.17. The molecule has 4 rings (SSSR count). The van der Waals surface area contributed by atoms with Gasteiger partial charge in [-0.2, -0.15) is 5.10 Å². The van der Waals surface area contributed by atoms with E-state index in [1.165, 1.54) is 0 Å². The predicted molar refractivity (Wildman–Crippen MR) is 99.2 cm³/mol. The van der Waals surface area contributed by atoms with E-state index in [9.17, 15) is 4.79 Å². The maximum atomic E-state index is 12.1. The highest BCUT2D eigenvalue weighted by Gasteiger charge is 2.17. The SMILES string of the molecule is CC[C@H]1OC(=O)NCCCOc2ccc3[nH]nc(c3c2)-c2cccc1c2. The van der Waals surface area contributed by atoms with Crippen LogP contribution in [0.2, 0.25) is 0 Å². The van der Waals surface area contributed by atoms with E-state index in [1.54, 1.807) is 0 Å². The molecule has 0 saturated heterocycles. The van der Waals surface area contributed by atoms with E-state index < -0.39 is 6.09 Å². The second-order valence-corrected chi connectivity index (χ2v) is 6.34. The first-order valence-corrected chi connectivity index (χ1v) is 8.90. The number of amides is 1. The zero-order chi connectivity index (χ0) is 17.9. The number of benzene rings is 2. The molecule has 6 nitrogen and oxygen atoms in total. The third-order valence-corrected chi connectivity index (χ3v) is 4.55. The minimum absolute atomic E-state index is 0.294. The van der Waals surface area contributed by atoms with Gasteiger partial charge < -0.3 is 14.8 Å². The van der Waals surface area contributed by atoms with Crippen LogP contribution in [0.1, 0.15) is 31.4 Å². The van der Waals surface area contributed by atoms with Crippen LogP contribution >= 0.6 is 0 Å². The van der Waals surface area contributed by atoms with Gasteiger partial charge in [0, 0.05) is 17.5 Å². The second-order valence-electron chi connectivity index (χ2n) is 6.34. The summed E-state index contributed by atoms with van der Waals surface area (Å²) in [4.78, 5) is 12.1. The van der Waals surface area contributed by atoms with E-state index in [-0.39, 0.29) is 6.10 Å². The van der Waals surface area contributed by atoms with Crippen molar-refractivity contribution in [3.63, 3.8) is 0 Å². The lowest BCUT2D eigenvalue weighted by molar-refractivity contribution is 0.0949. The number of hydrogen-bond acceptors (Lipinski definition) is 4. The highest BCUT2D eigenvalue weighted by molar-refractivity contribution is 5.93. The Bertz CT molecular complexity index is 935. The molecule has 26 heavy (non-hydrogen) atoms. The number of carbonyl (C=O) groups excluding carboxylic acids is 1. The first-order chi connectivity index (χ1) is 12.7. The van der Waals surface area contributed by atoms with Gasteiger partial charge in [0.25, 0.3) is 0 Å². The Morgan fingerprint density at radius 1 is 1.23 bits per heavy atom. The molecule has 2 aromatic carbocycles. The van der Waals surface area contributed by atoms with E-state index in [1.807, 2.05) is 49.4 Å². The minimum atomic E-state index is -0.403. The van der Waals surface area contributed by atoms with Gasteiger partial charge in [-0.25, -0.2) is 4.79 Å². The molecular weight excluding hydrogens is 330 g/mol. The monoisotopic (exact) mass is 351 g/mol. The summed E-state index contributed by atoms with van der Waals surface area (Å²) in [5.41, 5.74) is 3.76. The Hall–Kier alpha value is -3.02. The molecule has 134 valence electrons. The van der Waals surface area contributed by atoms with E-state index in [2.05, 4.69) is 15.5 Å². The van der Waals surface area contributed by atoms with Crippen molar-refractivity contribution in [2.45, 2.75) is 25.9 Å². The fraction of sp³-hybridized carbons (Fsp3) is 0.300. The Balaban J connectivity index is 1.81. The first-order valence-electron chi connectivity index (χ1n) is 8.90. The van der Waals surface area contributed by atoms with Crippen LogP contribution in [0, 0.1) is 0 Å². The summed E-state index contributed by atoms with van der Waals surface area (Å²) in [6.07, 6.45) is 0.707. The maximum absolute atomic E-state index is 12.1. The van der Waals surface area contributed by atoms with Crippen LogP contribution in [0.3, 0.4) is 0 Å². The van der Waals surface area contributed by atoms with Gasteiger partial charge in [-0.15, -0.1) is 0 Å². The largest absolute Gasteiger partial charge is 0.494 e. The van der Waals surface area contributed by atoms with E-state index in [4.69, 9.17) is 9.47 Å². The van der Waals surface area contributed by atoms with Crippen LogP contribution < -0.4 is 10.1 Å². The van der Waals surface area contributed by atoms with Crippen molar-refractivity contribution in [3.05, 3.63) is 48.0 Å². The van der Waals surface area contributed by atoms with Crippen LogP contribution in [0.4, 0.5) is 4.79 Å². The number of fused-ring (bicyclic) bond motifs is 4. The molecule has 3 aromatic rings. The number of aromatic amines is 1. The van der Waals surface area contributed by atoms with Crippen LogP contribution in [-0.2, 0) is 4.74 Å². The van der Waals surface area contributed by atoms with Gasteiger partial charge in [0.05, 0.1) is 12.1 Å². The molecule has 0 unspecified atom stereocenters. The van der Waals surface area contributed by atoms with Gasteiger partial charge in [0.1, 0.15) is 17.5 Å². The number of ether oxygens (including phenoxy) is 2. The molecule has 1 aromatic heterocycles. The number of cyclic esters (lactones) is 1. The lowest BCUT2D eigenvalue weighted by atomic mass is 10.0. The van der Waals surface area contributed by atoms with Gasteiger partial charge in [-0.3, -0.25) is 5.10 Å². The molecule has 0 fully saturated rings. The topological polar surface area (TPSA) is 76.2 Å². The number of H-pyrrole nitrogens is 1. The Kier molecular flexibility index (Phi) is 4.48. The summed E-state index contributed by atoms with van der Waals surface area (Å²) in [6.45, 7) is 3.03. The lowest BCUT2D eigenvalue weighted by Crippen LogP contribution is -2.27. The van der Waals surface area contributed by atoms with Gasteiger partial charge in [-0.05, 0) is 42.7 Å². The number of nitrogens with zero attached hydrogens (tertiary/aromatic N) is 1. The van der Waals surface area contributed by atoms with Gasteiger partial charge in [0.2, 0.25) is 0 Å². The normalized spacial score (nSPS) is 17.7. The summed E-state index contributed by atoms with van der Waals surface area (Å²) >= 11 is 0. The van der Waals surface area contributed by atoms with Crippen molar-refractivity contribution in [2.75, 3.05) is 13.2 Å². The highest BCUT2D eigenvalue weighted by Crippen LogP contribution is 2.32. The molecule has 1 aliphatic heterocycles. The smallest absolute Gasteiger partial charge is 0.407 e. The predicted octanol–water partition coefficient (Wildman–Crippen LogP) is 4.19. The summed E-state index contributed by atoms with van der Waals surface area (Å²) in [7, 11) is 0. The first kappa shape index (κ1) is 16.4. The van der Waals surface area contributed by atoms with Crippen LogP contribution in [-0.4, -0.2) is 29.4 Å². The molecule has 0 saturated carbocycles. The fourth-order valence-corrected chi connectivity index (χ4v) is 3.20. The quantitative estimate of drug-likeness (QED) is 0.689. The van der Waals surface area contributed by atoms with Crippen molar-refractivity contribution in [2.24, 2.45) is 0 Å². The van der Waals surface area contributed by atoms with Crippen molar-refractivity contribution < 1.29 is 14.3 Å². The molecular formula is C20H21N3O3. The maximum Gasteiger partial charge on any atom is 0.407 e. The third kappa shape index (κ3) is 3.22. The zero-order valence-electron chi connectivity index (χ0n) is 14.6. The molecule has 1 aliphatic rings. The minimum Gasteiger partial charge on any atom is -0.494 e. The van der Waals surface area contributed by atoms with Crippen LogP contribution in [0.25, 0.3) is 22.2 Å². The standard InChI is InChI=1S/C20H21N3O3/c1-2-18-13-5-3-6-14(11-13)19-16-12-15(7-8-17(16)22-23-19)25-10-4-9-21-20(24)26-18/h3,5-8,11-12,18H,2,4,9-10H2,1H3,(H,21,24)(H,22,23)/t18-/m1/s1. The third-order valence-electron chi connectivity index (χ3n) is 4.55. The molecule has 0 aliphatic carbocycles. The second kappa shape index (κ2) is 7.07. The Labute approximate surface area is 151 Å². The molecule has 2 N–H and O–H groups in total. The Morgan fingerprint density at radius 3 is 3.04 bits per heavy atom. The summed E-state index contributed by atoms with van der Waals surface area (Å²) in [5.74, 6) is 0.792. The highest BCUT2D eigenvalue weighted by atomic mass is 16.6. The van der Waals surface area contributed by atoms with Gasteiger partial charge in [0.15, 0.2) is 0 Å². The Morgan fingerprint density at radius 2 is 2.15 bits per heavy atom. The van der Waals surface area contributed by atoms with Gasteiger partial charge >= 0.3 is 6.09 Å². The summed E-state index contributed by atoms with van der Waals surface area (Å²) in [6, 6.07) is 13.9. The summed E-state index contributed by atoms with van der Waals surface area (Å²) < 4.78 is 11.4. The molecule has 0 radical (unpaired) electrons.